The highest BCUT2D eigenvalue weighted by Crippen LogP contribution is 2.55. The molecule has 4 atom stereocenters. The highest BCUT2D eigenvalue weighted by atomic mass is 16.3. The largest absolute Gasteiger partial charge is 0.393 e. The number of hydrogen-bond donors (Lipinski definition) is 1. The van der Waals surface area contributed by atoms with E-state index >= 15 is 0 Å². The monoisotopic (exact) mass is 168 g/mol. The van der Waals surface area contributed by atoms with Gasteiger partial charge in [0.15, 0.2) is 0 Å². The molecule has 0 heterocycles. The lowest BCUT2D eigenvalue weighted by atomic mass is 9.65. The first-order valence-corrected chi connectivity index (χ1v) is 5.32. The molecule has 2 fully saturated rings. The molecule has 0 aromatic heterocycles. The third kappa shape index (κ3) is 1.02. The zero-order chi connectivity index (χ0) is 8.77. The molecule has 1 nitrogen and oxygen atoms in total. The molecule has 1 N–H and O–H groups in total. The van der Waals surface area contributed by atoms with Gasteiger partial charge in [0.05, 0.1) is 6.10 Å². The Morgan fingerprint density at radius 2 is 2.00 bits per heavy atom. The molecule has 12 heavy (non-hydrogen) atoms. The van der Waals surface area contributed by atoms with Crippen molar-refractivity contribution in [2.75, 3.05) is 0 Å². The van der Waals surface area contributed by atoms with E-state index in [4.69, 9.17) is 0 Å². The van der Waals surface area contributed by atoms with Crippen LogP contribution in [0.25, 0.3) is 0 Å². The van der Waals surface area contributed by atoms with E-state index < -0.39 is 0 Å². The molecule has 0 aliphatic heterocycles. The van der Waals surface area contributed by atoms with Gasteiger partial charge in [-0.3, -0.25) is 0 Å². The first kappa shape index (κ1) is 8.55. The van der Waals surface area contributed by atoms with E-state index in [1.165, 1.54) is 25.7 Å². The second kappa shape index (κ2) is 2.73. The average molecular weight is 168 g/mol. The lowest BCUT2D eigenvalue weighted by Crippen LogP contribution is -2.38. The van der Waals surface area contributed by atoms with Crippen LogP contribution in [-0.4, -0.2) is 11.2 Å². The molecule has 2 saturated carbocycles. The van der Waals surface area contributed by atoms with Crippen LogP contribution in [-0.2, 0) is 0 Å². The normalized spacial score (nSPS) is 53.8. The first-order chi connectivity index (χ1) is 5.64. The third-order valence-electron chi connectivity index (χ3n) is 4.56. The average Bonchev–Trinajstić information content (AvgIpc) is 2.30. The molecule has 4 unspecified atom stereocenters. The van der Waals surface area contributed by atoms with E-state index in [9.17, 15) is 5.11 Å². The van der Waals surface area contributed by atoms with Crippen LogP contribution in [0.1, 0.15) is 46.0 Å². The maximum absolute atomic E-state index is 9.86. The Morgan fingerprint density at radius 3 is 2.67 bits per heavy atom. The van der Waals surface area contributed by atoms with Crippen LogP contribution in [0, 0.1) is 17.3 Å². The molecule has 2 rings (SSSR count). The van der Waals surface area contributed by atoms with Crippen LogP contribution in [0.4, 0.5) is 0 Å². The predicted molar refractivity (Wildman–Crippen MR) is 49.9 cm³/mol. The van der Waals surface area contributed by atoms with Gasteiger partial charge in [0, 0.05) is 0 Å². The Hall–Kier alpha value is -0.0400. The van der Waals surface area contributed by atoms with Gasteiger partial charge in [-0.1, -0.05) is 20.3 Å². The summed E-state index contributed by atoms with van der Waals surface area (Å²) in [6.07, 6.45) is 6.23. The van der Waals surface area contributed by atoms with Gasteiger partial charge in [-0.05, 0) is 42.9 Å². The van der Waals surface area contributed by atoms with Crippen molar-refractivity contribution in [3.63, 3.8) is 0 Å². The molecule has 0 aromatic carbocycles. The summed E-state index contributed by atoms with van der Waals surface area (Å²) in [7, 11) is 0. The maximum atomic E-state index is 9.86. The van der Waals surface area contributed by atoms with Gasteiger partial charge in [0.25, 0.3) is 0 Å². The fraction of sp³-hybridized carbons (Fsp3) is 1.00. The predicted octanol–water partition coefficient (Wildman–Crippen LogP) is 2.58. The second-order valence-corrected chi connectivity index (χ2v) is 5.05. The van der Waals surface area contributed by atoms with Crippen LogP contribution < -0.4 is 0 Å². The van der Waals surface area contributed by atoms with Crippen LogP contribution in [0.3, 0.4) is 0 Å². The number of aliphatic hydroxyl groups excluding tert-OH is 1. The van der Waals surface area contributed by atoms with Crippen LogP contribution in [0.15, 0.2) is 0 Å². The van der Waals surface area contributed by atoms with Crippen molar-refractivity contribution in [1.29, 1.82) is 0 Å². The van der Waals surface area contributed by atoms with Gasteiger partial charge in [-0.15, -0.1) is 0 Å². The van der Waals surface area contributed by atoms with E-state index in [-0.39, 0.29) is 6.10 Å². The van der Waals surface area contributed by atoms with Gasteiger partial charge in [-0.25, -0.2) is 0 Å². The molecular formula is C11H20O. The summed E-state index contributed by atoms with van der Waals surface area (Å²) in [5, 5.41) is 9.86. The van der Waals surface area contributed by atoms with E-state index in [0.29, 0.717) is 11.3 Å². The minimum atomic E-state index is 0.00806. The van der Waals surface area contributed by atoms with E-state index in [2.05, 4.69) is 13.8 Å². The van der Waals surface area contributed by atoms with Gasteiger partial charge in [0.1, 0.15) is 0 Å². The molecule has 0 bridgehead atoms. The number of hydrogen-bond acceptors (Lipinski definition) is 1. The summed E-state index contributed by atoms with van der Waals surface area (Å²) in [5.74, 6) is 1.44. The van der Waals surface area contributed by atoms with Crippen molar-refractivity contribution >= 4 is 0 Å². The summed E-state index contributed by atoms with van der Waals surface area (Å²) < 4.78 is 0. The van der Waals surface area contributed by atoms with Gasteiger partial charge in [0.2, 0.25) is 0 Å². The minimum absolute atomic E-state index is 0.00806. The molecular weight excluding hydrogens is 148 g/mol. The molecule has 0 amide bonds. The Bertz CT molecular complexity index is 178. The fourth-order valence-electron chi connectivity index (χ4n) is 3.41. The Balaban J connectivity index is 2.20. The fourth-order valence-corrected chi connectivity index (χ4v) is 3.41. The number of rotatable bonds is 0. The second-order valence-electron chi connectivity index (χ2n) is 5.05. The van der Waals surface area contributed by atoms with Crippen LogP contribution in [0.2, 0.25) is 0 Å². The molecule has 0 saturated heterocycles. The van der Waals surface area contributed by atoms with Crippen molar-refractivity contribution in [3.05, 3.63) is 0 Å². The standard InChI is InChI=1S/C11H20O/c1-8-5-6-9-10(12)4-3-7-11(8,9)2/h8-10,12H,3-7H2,1-2H3. The topological polar surface area (TPSA) is 20.2 Å². The highest BCUT2D eigenvalue weighted by molar-refractivity contribution is 4.98. The van der Waals surface area contributed by atoms with Gasteiger partial charge >= 0.3 is 0 Å². The summed E-state index contributed by atoms with van der Waals surface area (Å²) in [6, 6.07) is 0. The third-order valence-corrected chi connectivity index (χ3v) is 4.56. The van der Waals surface area contributed by atoms with Crippen molar-refractivity contribution in [2.45, 2.75) is 52.1 Å². The van der Waals surface area contributed by atoms with Crippen LogP contribution >= 0.6 is 0 Å². The van der Waals surface area contributed by atoms with Gasteiger partial charge < -0.3 is 5.11 Å². The molecule has 0 spiro atoms. The molecule has 2 aliphatic rings. The van der Waals surface area contributed by atoms with E-state index in [1.807, 2.05) is 0 Å². The summed E-state index contributed by atoms with van der Waals surface area (Å²) >= 11 is 0. The zero-order valence-corrected chi connectivity index (χ0v) is 8.21. The molecule has 70 valence electrons. The SMILES string of the molecule is CC1CCC2C(O)CCCC12C. The lowest BCUT2D eigenvalue weighted by Gasteiger charge is -2.42. The van der Waals surface area contributed by atoms with Crippen molar-refractivity contribution < 1.29 is 5.11 Å². The Kier molecular flexibility index (Phi) is 1.95. The lowest BCUT2D eigenvalue weighted by molar-refractivity contribution is -0.0137. The molecule has 1 heteroatoms. The maximum Gasteiger partial charge on any atom is 0.0573 e. The van der Waals surface area contributed by atoms with Crippen LogP contribution in [0.5, 0.6) is 0 Å². The Labute approximate surface area is 75.2 Å². The number of fused-ring (bicyclic) bond motifs is 1. The quantitative estimate of drug-likeness (QED) is 0.589. The van der Waals surface area contributed by atoms with E-state index in [1.54, 1.807) is 0 Å². The summed E-state index contributed by atoms with van der Waals surface area (Å²) in [4.78, 5) is 0. The highest BCUT2D eigenvalue weighted by Gasteiger charge is 2.48. The smallest absolute Gasteiger partial charge is 0.0573 e. The van der Waals surface area contributed by atoms with Crippen molar-refractivity contribution in [1.82, 2.24) is 0 Å². The molecule has 0 aromatic rings. The zero-order valence-electron chi connectivity index (χ0n) is 8.21. The number of aliphatic hydroxyl groups is 1. The summed E-state index contributed by atoms with van der Waals surface area (Å²) in [6.45, 7) is 4.75. The molecule has 2 aliphatic carbocycles. The van der Waals surface area contributed by atoms with Crippen molar-refractivity contribution in [2.24, 2.45) is 17.3 Å². The summed E-state index contributed by atoms with van der Waals surface area (Å²) in [5.41, 5.74) is 0.470. The Morgan fingerprint density at radius 1 is 1.25 bits per heavy atom. The van der Waals surface area contributed by atoms with E-state index in [0.717, 1.165) is 12.3 Å². The molecule has 0 radical (unpaired) electrons. The van der Waals surface area contributed by atoms with Crippen molar-refractivity contribution in [3.8, 4) is 0 Å². The minimum Gasteiger partial charge on any atom is -0.393 e. The van der Waals surface area contributed by atoms with Gasteiger partial charge in [-0.2, -0.15) is 0 Å². The first-order valence-electron chi connectivity index (χ1n) is 5.32.